The largest absolute Gasteiger partial charge is 0.478 e. The molecule has 3 heterocycles. The molecule has 1 N–H and O–H groups in total. The van der Waals surface area contributed by atoms with Gasteiger partial charge in [-0.05, 0) is 38.1 Å². The zero-order valence-corrected chi connectivity index (χ0v) is 14.6. The van der Waals surface area contributed by atoms with Crippen molar-refractivity contribution in [2.75, 3.05) is 13.1 Å². The van der Waals surface area contributed by atoms with Gasteiger partial charge >= 0.3 is 5.97 Å². The number of thiophene rings is 1. The lowest BCUT2D eigenvalue weighted by atomic mass is 10.0. The highest BCUT2D eigenvalue weighted by Crippen LogP contribution is 2.28. The summed E-state index contributed by atoms with van der Waals surface area (Å²) in [5.74, 6) is -0.887. The number of hydrogen-bond donors (Lipinski definition) is 1. The minimum atomic E-state index is -0.948. The Hall–Kier alpha value is -2.15. The zero-order chi connectivity index (χ0) is 17.3. The van der Waals surface area contributed by atoms with E-state index in [4.69, 9.17) is 5.11 Å². The number of carboxylic acids is 1. The van der Waals surface area contributed by atoms with Crippen LogP contribution in [0.15, 0.2) is 23.7 Å². The summed E-state index contributed by atoms with van der Waals surface area (Å²) in [5.41, 5.74) is 0.930. The fourth-order valence-electron chi connectivity index (χ4n) is 3.27. The number of carbonyl (C=O) groups excluding carboxylic acids is 1. The van der Waals surface area contributed by atoms with Crippen molar-refractivity contribution in [2.24, 2.45) is 0 Å². The Labute approximate surface area is 144 Å². The molecule has 1 unspecified atom stereocenters. The van der Waals surface area contributed by atoms with Gasteiger partial charge in [0.05, 0.1) is 23.9 Å². The summed E-state index contributed by atoms with van der Waals surface area (Å²) >= 11 is 1.61. The highest BCUT2D eigenvalue weighted by molar-refractivity contribution is 7.10. The van der Waals surface area contributed by atoms with Gasteiger partial charge in [0.25, 0.3) is 0 Å². The van der Waals surface area contributed by atoms with Crippen molar-refractivity contribution >= 4 is 23.2 Å². The number of likely N-dealkylation sites (tertiary alicyclic amines) is 1. The Bertz CT molecular complexity index is 730. The van der Waals surface area contributed by atoms with E-state index in [1.165, 1.54) is 6.20 Å². The van der Waals surface area contributed by atoms with Crippen LogP contribution in [0, 0.1) is 6.92 Å². The minimum absolute atomic E-state index is 0.105. The van der Waals surface area contributed by atoms with Crippen LogP contribution in [0.3, 0.4) is 0 Å². The van der Waals surface area contributed by atoms with Gasteiger partial charge in [-0.1, -0.05) is 6.07 Å². The highest BCUT2D eigenvalue weighted by atomic mass is 32.1. The monoisotopic (exact) mass is 347 g/mol. The smallest absolute Gasteiger partial charge is 0.339 e. The van der Waals surface area contributed by atoms with Crippen LogP contribution in [0.4, 0.5) is 0 Å². The van der Waals surface area contributed by atoms with Gasteiger partial charge < -0.3 is 10.0 Å². The number of carbonyl (C=O) groups is 2. The van der Waals surface area contributed by atoms with Crippen molar-refractivity contribution < 1.29 is 14.7 Å². The van der Waals surface area contributed by atoms with Gasteiger partial charge in [0.1, 0.15) is 5.56 Å². The Balaban J connectivity index is 1.64. The molecule has 1 fully saturated rings. The van der Waals surface area contributed by atoms with Crippen LogP contribution in [0.1, 0.15) is 52.7 Å². The molecule has 0 radical (unpaired) electrons. The molecule has 24 heavy (non-hydrogen) atoms. The maximum atomic E-state index is 12.6. The van der Waals surface area contributed by atoms with E-state index in [1.54, 1.807) is 22.9 Å². The van der Waals surface area contributed by atoms with Gasteiger partial charge in [-0.15, -0.1) is 11.3 Å². The zero-order valence-electron chi connectivity index (χ0n) is 13.8. The van der Waals surface area contributed by atoms with Crippen LogP contribution in [-0.2, 0) is 4.79 Å². The van der Waals surface area contributed by atoms with E-state index in [0.717, 1.165) is 17.7 Å². The summed E-state index contributed by atoms with van der Waals surface area (Å²) in [6.45, 7) is 5.10. The summed E-state index contributed by atoms with van der Waals surface area (Å²) in [5, 5.41) is 15.4. The van der Waals surface area contributed by atoms with E-state index in [1.807, 2.05) is 29.3 Å². The van der Waals surface area contributed by atoms with Crippen LogP contribution >= 0.6 is 11.3 Å². The summed E-state index contributed by atoms with van der Waals surface area (Å²) < 4.78 is 1.80. The molecular weight excluding hydrogens is 326 g/mol. The standard InChI is InChI=1S/C17H21N3O3S/c1-11(15-4-3-9-24-15)16(21)19-7-5-13(6-8-19)20-12(2)14(10-18-20)17(22)23/h3-4,9-11,13H,5-8H2,1-2H3,(H,22,23). The first-order valence-corrected chi connectivity index (χ1v) is 8.96. The number of aromatic carboxylic acids is 1. The summed E-state index contributed by atoms with van der Waals surface area (Å²) in [4.78, 5) is 26.8. The van der Waals surface area contributed by atoms with Gasteiger partial charge in [-0.25, -0.2) is 4.79 Å². The highest BCUT2D eigenvalue weighted by Gasteiger charge is 2.29. The van der Waals surface area contributed by atoms with E-state index in [9.17, 15) is 9.59 Å². The molecule has 0 spiro atoms. The van der Waals surface area contributed by atoms with Crippen LogP contribution in [0.2, 0.25) is 0 Å². The Morgan fingerprint density at radius 1 is 1.38 bits per heavy atom. The molecule has 0 saturated carbocycles. The molecule has 3 rings (SSSR count). The van der Waals surface area contributed by atoms with Gasteiger partial charge in [0.15, 0.2) is 0 Å². The van der Waals surface area contributed by atoms with E-state index < -0.39 is 5.97 Å². The lowest BCUT2D eigenvalue weighted by molar-refractivity contribution is -0.133. The Morgan fingerprint density at radius 3 is 2.62 bits per heavy atom. The SMILES string of the molecule is Cc1c(C(=O)O)cnn1C1CCN(C(=O)C(C)c2cccs2)CC1. The second-order valence-electron chi connectivity index (χ2n) is 6.19. The van der Waals surface area contributed by atoms with Crippen LogP contribution in [-0.4, -0.2) is 44.8 Å². The van der Waals surface area contributed by atoms with Gasteiger partial charge in [-0.3, -0.25) is 9.48 Å². The number of carboxylic acid groups (broad SMARTS) is 1. The number of piperidine rings is 1. The van der Waals surface area contributed by atoms with Crippen LogP contribution in [0.25, 0.3) is 0 Å². The average molecular weight is 347 g/mol. The van der Waals surface area contributed by atoms with Gasteiger partial charge in [-0.2, -0.15) is 5.10 Å². The molecule has 0 aromatic carbocycles. The Morgan fingerprint density at radius 2 is 2.08 bits per heavy atom. The second-order valence-corrected chi connectivity index (χ2v) is 7.17. The molecule has 1 aliphatic rings. The quantitative estimate of drug-likeness (QED) is 0.923. The maximum Gasteiger partial charge on any atom is 0.339 e. The van der Waals surface area contributed by atoms with Crippen LogP contribution < -0.4 is 0 Å². The van der Waals surface area contributed by atoms with Crippen molar-refractivity contribution in [3.05, 3.63) is 39.8 Å². The predicted octanol–water partition coefficient (Wildman–Crippen LogP) is 2.92. The van der Waals surface area contributed by atoms with Crippen molar-refractivity contribution in [2.45, 2.75) is 38.6 Å². The molecule has 1 saturated heterocycles. The number of rotatable bonds is 4. The molecule has 0 aliphatic carbocycles. The first kappa shape index (κ1) is 16.7. The van der Waals surface area contributed by atoms with Crippen molar-refractivity contribution in [1.82, 2.24) is 14.7 Å². The van der Waals surface area contributed by atoms with Gasteiger partial charge in [0.2, 0.25) is 5.91 Å². The minimum Gasteiger partial charge on any atom is -0.478 e. The lowest BCUT2D eigenvalue weighted by Crippen LogP contribution is -2.41. The number of aromatic nitrogens is 2. The molecule has 2 aromatic rings. The molecule has 128 valence electrons. The van der Waals surface area contributed by atoms with Crippen molar-refractivity contribution in [1.29, 1.82) is 0 Å². The fourth-order valence-corrected chi connectivity index (χ4v) is 4.04. The predicted molar refractivity (Wildman–Crippen MR) is 91.5 cm³/mol. The topological polar surface area (TPSA) is 75.4 Å². The van der Waals surface area contributed by atoms with E-state index in [0.29, 0.717) is 18.8 Å². The summed E-state index contributed by atoms with van der Waals surface area (Å²) in [6.07, 6.45) is 3.00. The lowest BCUT2D eigenvalue weighted by Gasteiger charge is -2.34. The Kier molecular flexibility index (Phi) is 4.71. The summed E-state index contributed by atoms with van der Waals surface area (Å²) in [6, 6.07) is 4.12. The van der Waals surface area contributed by atoms with Crippen molar-refractivity contribution in [3.63, 3.8) is 0 Å². The van der Waals surface area contributed by atoms with E-state index in [2.05, 4.69) is 5.10 Å². The molecule has 2 aromatic heterocycles. The molecule has 6 nitrogen and oxygen atoms in total. The fraction of sp³-hybridized carbons (Fsp3) is 0.471. The molecule has 1 amide bonds. The first-order chi connectivity index (χ1) is 11.5. The third kappa shape index (κ3) is 3.08. The molecule has 0 bridgehead atoms. The average Bonchev–Trinajstić information content (AvgIpc) is 3.23. The summed E-state index contributed by atoms with van der Waals surface area (Å²) in [7, 11) is 0. The molecule has 7 heteroatoms. The first-order valence-electron chi connectivity index (χ1n) is 8.08. The third-order valence-corrected chi connectivity index (χ3v) is 5.79. The molecular formula is C17H21N3O3S. The molecule has 1 atom stereocenters. The number of amides is 1. The van der Waals surface area contributed by atoms with E-state index >= 15 is 0 Å². The van der Waals surface area contributed by atoms with Crippen LogP contribution in [0.5, 0.6) is 0 Å². The third-order valence-electron chi connectivity index (χ3n) is 4.74. The number of hydrogen-bond acceptors (Lipinski definition) is 4. The second kappa shape index (κ2) is 6.76. The molecule has 1 aliphatic heterocycles. The maximum absolute atomic E-state index is 12.6. The normalized spacial score (nSPS) is 17.0. The number of nitrogens with zero attached hydrogens (tertiary/aromatic N) is 3. The van der Waals surface area contributed by atoms with E-state index in [-0.39, 0.29) is 23.4 Å². The van der Waals surface area contributed by atoms with Gasteiger partial charge in [0, 0.05) is 18.0 Å². The van der Waals surface area contributed by atoms with Crippen molar-refractivity contribution in [3.8, 4) is 0 Å².